The number of methoxy groups -OCH3 is 1. The lowest BCUT2D eigenvalue weighted by atomic mass is 10.0. The van der Waals surface area contributed by atoms with E-state index in [9.17, 15) is 14.7 Å². The van der Waals surface area contributed by atoms with Gasteiger partial charge in [0, 0.05) is 21.0 Å². The highest BCUT2D eigenvalue weighted by Gasteiger charge is 2.41. The standard InChI is InChI=1S/C25H32O8/c1-17(32-18(2)26)22(28)23(30-15-20-11-7-5-8-12-20)24(25(29-4)33-19(3)27)31-16-21-13-9-6-10-14-21/h5-14,17,22-25,28H,15-16H2,1-4H3/t17-,22-,23-,24+,25?/m0/s1. The van der Waals surface area contributed by atoms with Crippen molar-refractivity contribution in [1.82, 2.24) is 0 Å². The van der Waals surface area contributed by atoms with Gasteiger partial charge in [-0.05, 0) is 18.1 Å². The summed E-state index contributed by atoms with van der Waals surface area (Å²) in [5.41, 5.74) is 1.72. The molecule has 0 aliphatic rings. The first kappa shape index (κ1) is 26.5. The van der Waals surface area contributed by atoms with Crippen molar-refractivity contribution in [3.05, 3.63) is 71.8 Å². The smallest absolute Gasteiger partial charge is 0.305 e. The lowest BCUT2D eigenvalue weighted by molar-refractivity contribution is -0.245. The Morgan fingerprint density at radius 1 is 0.788 bits per heavy atom. The van der Waals surface area contributed by atoms with E-state index in [0.29, 0.717) is 0 Å². The van der Waals surface area contributed by atoms with E-state index in [-0.39, 0.29) is 13.2 Å². The van der Waals surface area contributed by atoms with Crippen LogP contribution in [0.2, 0.25) is 0 Å². The fourth-order valence-corrected chi connectivity index (χ4v) is 3.26. The number of hydrogen-bond donors (Lipinski definition) is 1. The van der Waals surface area contributed by atoms with E-state index in [1.165, 1.54) is 21.0 Å². The molecule has 2 aromatic carbocycles. The monoisotopic (exact) mass is 460 g/mol. The molecule has 180 valence electrons. The maximum absolute atomic E-state index is 11.7. The molecule has 5 atom stereocenters. The average Bonchev–Trinajstić information content (AvgIpc) is 2.80. The Morgan fingerprint density at radius 2 is 1.24 bits per heavy atom. The normalized spacial score (nSPS) is 15.7. The largest absolute Gasteiger partial charge is 0.460 e. The number of ether oxygens (including phenoxy) is 5. The number of carbonyl (C=O) groups excluding carboxylic acids is 2. The van der Waals surface area contributed by atoms with Crippen LogP contribution in [0.3, 0.4) is 0 Å². The summed E-state index contributed by atoms with van der Waals surface area (Å²) in [6.07, 6.45) is -5.48. The van der Waals surface area contributed by atoms with Crippen LogP contribution in [0.5, 0.6) is 0 Å². The Labute approximate surface area is 194 Å². The third-order valence-electron chi connectivity index (χ3n) is 4.85. The molecule has 1 unspecified atom stereocenters. The number of aliphatic hydroxyl groups is 1. The van der Waals surface area contributed by atoms with Gasteiger partial charge in [0.05, 0.1) is 13.2 Å². The third kappa shape index (κ3) is 8.94. The molecule has 0 radical (unpaired) electrons. The second kappa shape index (κ2) is 13.7. The zero-order valence-electron chi connectivity index (χ0n) is 19.4. The Balaban J connectivity index is 2.33. The van der Waals surface area contributed by atoms with Crippen LogP contribution in [0.4, 0.5) is 0 Å². The van der Waals surface area contributed by atoms with Crippen molar-refractivity contribution >= 4 is 11.9 Å². The van der Waals surface area contributed by atoms with Gasteiger partial charge in [-0.25, -0.2) is 0 Å². The second-order valence-electron chi connectivity index (χ2n) is 7.54. The third-order valence-corrected chi connectivity index (χ3v) is 4.85. The van der Waals surface area contributed by atoms with Gasteiger partial charge in [0.15, 0.2) is 0 Å². The summed E-state index contributed by atoms with van der Waals surface area (Å²) in [5.74, 6) is -1.13. The maximum atomic E-state index is 11.7. The minimum Gasteiger partial charge on any atom is -0.460 e. The molecule has 2 rings (SSSR count). The van der Waals surface area contributed by atoms with Gasteiger partial charge in [0.1, 0.15) is 24.4 Å². The Bertz CT molecular complexity index is 842. The summed E-state index contributed by atoms with van der Waals surface area (Å²) in [6.45, 7) is 4.33. The minimum absolute atomic E-state index is 0.136. The van der Waals surface area contributed by atoms with E-state index in [0.717, 1.165) is 11.1 Å². The molecule has 33 heavy (non-hydrogen) atoms. The Morgan fingerprint density at radius 3 is 1.67 bits per heavy atom. The van der Waals surface area contributed by atoms with Crippen molar-refractivity contribution in [1.29, 1.82) is 0 Å². The van der Waals surface area contributed by atoms with Crippen molar-refractivity contribution in [2.75, 3.05) is 7.11 Å². The molecule has 1 N–H and O–H groups in total. The van der Waals surface area contributed by atoms with Gasteiger partial charge in [-0.3, -0.25) is 9.59 Å². The molecule has 0 aliphatic carbocycles. The first-order valence-electron chi connectivity index (χ1n) is 10.7. The number of carbonyl (C=O) groups is 2. The van der Waals surface area contributed by atoms with Crippen molar-refractivity contribution < 1.29 is 38.4 Å². The molecule has 2 aromatic rings. The van der Waals surface area contributed by atoms with Crippen molar-refractivity contribution in [3.63, 3.8) is 0 Å². The summed E-state index contributed by atoms with van der Waals surface area (Å²) in [5, 5.41) is 11.1. The van der Waals surface area contributed by atoms with Gasteiger partial charge in [-0.1, -0.05) is 60.7 Å². The van der Waals surface area contributed by atoms with Crippen molar-refractivity contribution in [2.24, 2.45) is 0 Å². The molecule has 8 heteroatoms. The summed E-state index contributed by atoms with van der Waals surface area (Å²) in [4.78, 5) is 23.2. The van der Waals surface area contributed by atoms with Gasteiger partial charge in [0.2, 0.25) is 6.29 Å². The van der Waals surface area contributed by atoms with E-state index < -0.39 is 42.6 Å². The fourth-order valence-electron chi connectivity index (χ4n) is 3.26. The lowest BCUT2D eigenvalue weighted by Crippen LogP contribution is -2.53. The Hall–Kier alpha value is -2.78. The number of rotatable bonds is 13. The molecular weight excluding hydrogens is 428 g/mol. The van der Waals surface area contributed by atoms with E-state index in [2.05, 4.69) is 0 Å². The highest BCUT2D eigenvalue weighted by molar-refractivity contribution is 5.66. The van der Waals surface area contributed by atoms with Gasteiger partial charge >= 0.3 is 11.9 Å². The number of benzene rings is 2. The van der Waals surface area contributed by atoms with Crippen LogP contribution >= 0.6 is 0 Å². The van der Waals surface area contributed by atoms with Crippen LogP contribution in [0.1, 0.15) is 31.9 Å². The van der Waals surface area contributed by atoms with E-state index in [1.807, 2.05) is 60.7 Å². The summed E-state index contributed by atoms with van der Waals surface area (Å²) in [7, 11) is 1.36. The van der Waals surface area contributed by atoms with Crippen LogP contribution in [-0.2, 0) is 46.5 Å². The number of hydrogen-bond acceptors (Lipinski definition) is 8. The first-order chi connectivity index (χ1) is 15.8. The molecule has 0 saturated carbocycles. The molecule has 0 aliphatic heterocycles. The second-order valence-corrected chi connectivity index (χ2v) is 7.54. The quantitative estimate of drug-likeness (QED) is 0.360. The summed E-state index contributed by atoms with van der Waals surface area (Å²) >= 11 is 0. The van der Waals surface area contributed by atoms with Gasteiger partial charge in [-0.15, -0.1) is 0 Å². The zero-order valence-corrected chi connectivity index (χ0v) is 19.4. The molecule has 0 heterocycles. The minimum atomic E-state index is -1.30. The van der Waals surface area contributed by atoms with E-state index in [4.69, 9.17) is 23.7 Å². The van der Waals surface area contributed by atoms with Gasteiger partial charge in [-0.2, -0.15) is 0 Å². The van der Waals surface area contributed by atoms with Crippen LogP contribution in [-0.4, -0.2) is 54.9 Å². The molecule has 0 spiro atoms. The van der Waals surface area contributed by atoms with Crippen LogP contribution in [0, 0.1) is 0 Å². The van der Waals surface area contributed by atoms with Crippen LogP contribution in [0.15, 0.2) is 60.7 Å². The van der Waals surface area contributed by atoms with E-state index >= 15 is 0 Å². The Kier molecular flexibility index (Phi) is 11.0. The molecule has 0 saturated heterocycles. The van der Waals surface area contributed by atoms with Crippen molar-refractivity contribution in [3.8, 4) is 0 Å². The predicted molar refractivity (Wildman–Crippen MR) is 120 cm³/mol. The number of esters is 2. The summed E-state index contributed by atoms with van der Waals surface area (Å²) in [6, 6.07) is 18.7. The van der Waals surface area contributed by atoms with Crippen molar-refractivity contribution in [2.45, 2.75) is 64.7 Å². The van der Waals surface area contributed by atoms with Crippen LogP contribution < -0.4 is 0 Å². The SMILES string of the molecule is COC(OC(C)=O)[C@H](OCc1ccccc1)[C@@H](OCc1ccccc1)[C@@H](O)[C@H](C)OC(C)=O. The fraction of sp³-hybridized carbons (Fsp3) is 0.440. The van der Waals surface area contributed by atoms with Gasteiger partial charge in [0.25, 0.3) is 0 Å². The average molecular weight is 461 g/mol. The lowest BCUT2D eigenvalue weighted by Gasteiger charge is -2.36. The van der Waals surface area contributed by atoms with Crippen LogP contribution in [0.25, 0.3) is 0 Å². The maximum Gasteiger partial charge on any atom is 0.305 e. The first-order valence-corrected chi connectivity index (χ1v) is 10.7. The molecule has 0 bridgehead atoms. The molecule has 0 amide bonds. The zero-order chi connectivity index (χ0) is 24.2. The molecule has 8 nitrogen and oxygen atoms in total. The molecule has 0 aromatic heterocycles. The predicted octanol–water partition coefficient (Wildman–Crippen LogP) is 3.01. The highest BCUT2D eigenvalue weighted by Crippen LogP contribution is 2.23. The van der Waals surface area contributed by atoms with Gasteiger partial charge < -0.3 is 28.8 Å². The van der Waals surface area contributed by atoms with E-state index in [1.54, 1.807) is 6.92 Å². The number of aliphatic hydroxyl groups excluding tert-OH is 1. The molecular formula is C25H32O8. The molecule has 0 fully saturated rings. The topological polar surface area (TPSA) is 101 Å². The summed E-state index contributed by atoms with van der Waals surface area (Å²) < 4.78 is 28.0. The highest BCUT2D eigenvalue weighted by atomic mass is 16.7.